The number of methoxy groups -OCH3 is 1. The lowest BCUT2D eigenvalue weighted by Crippen LogP contribution is -2.61. The number of nitrogens with zero attached hydrogens (tertiary/aromatic N) is 1. The van der Waals surface area contributed by atoms with Crippen LogP contribution >= 0.6 is 0 Å². The Balaban J connectivity index is 0.00000106. The van der Waals surface area contributed by atoms with E-state index in [1.165, 1.54) is 23.6 Å². The van der Waals surface area contributed by atoms with Gasteiger partial charge in [0.15, 0.2) is 0 Å². The summed E-state index contributed by atoms with van der Waals surface area (Å²) >= 11 is 0. The van der Waals surface area contributed by atoms with Crippen molar-refractivity contribution in [3.8, 4) is 0 Å². The highest BCUT2D eigenvalue weighted by atomic mass is 16.5. The van der Waals surface area contributed by atoms with Gasteiger partial charge in [-0.05, 0) is 49.8 Å². The van der Waals surface area contributed by atoms with Crippen LogP contribution in [0.5, 0.6) is 0 Å². The summed E-state index contributed by atoms with van der Waals surface area (Å²) in [5.41, 5.74) is 4.04. The largest absolute Gasteiger partial charge is 0.468 e. The third-order valence-electron chi connectivity index (χ3n) is 6.94. The highest BCUT2D eigenvalue weighted by Gasteiger charge is 2.58. The van der Waals surface area contributed by atoms with Crippen LogP contribution in [0.2, 0.25) is 0 Å². The fourth-order valence-corrected chi connectivity index (χ4v) is 5.89. The summed E-state index contributed by atoms with van der Waals surface area (Å²) < 4.78 is 11.6. The van der Waals surface area contributed by atoms with Crippen molar-refractivity contribution in [2.75, 3.05) is 33.9 Å². The van der Waals surface area contributed by atoms with E-state index in [9.17, 15) is 4.79 Å². The monoisotopic (exact) mass is 412 g/mol. The highest BCUT2D eigenvalue weighted by Crippen LogP contribution is 2.50. The Morgan fingerprint density at radius 1 is 1.30 bits per heavy atom. The molecule has 2 N–H and O–H groups in total. The van der Waals surface area contributed by atoms with Crippen molar-refractivity contribution in [2.45, 2.75) is 50.2 Å². The lowest BCUT2D eigenvalue weighted by atomic mass is 9.64. The molecule has 2 aliphatic heterocycles. The normalized spacial score (nSPS) is 27.8. The average molecular weight is 413 g/mol. The number of hydrogen-bond donors (Lipinski definition) is 2. The number of hydrogen-bond acceptors (Lipinski definition) is 5. The molecule has 0 unspecified atom stereocenters. The number of carbonyl (C=O) groups excluding carboxylic acids is 1. The number of aromatic amines is 1. The zero-order valence-electron chi connectivity index (χ0n) is 18.1. The van der Waals surface area contributed by atoms with Gasteiger partial charge in [-0.3, -0.25) is 9.69 Å². The second kappa shape index (κ2) is 8.53. The fourth-order valence-electron chi connectivity index (χ4n) is 5.89. The molecular weight excluding hydrogens is 380 g/mol. The predicted octanol–water partition coefficient (Wildman–Crippen LogP) is 2.94. The van der Waals surface area contributed by atoms with E-state index in [0.29, 0.717) is 6.61 Å². The quantitative estimate of drug-likeness (QED) is 0.599. The molecule has 6 nitrogen and oxygen atoms in total. The number of aromatic nitrogens is 1. The summed E-state index contributed by atoms with van der Waals surface area (Å²) in [4.78, 5) is 19.6. The van der Waals surface area contributed by atoms with E-state index in [1.807, 2.05) is 13.0 Å². The average Bonchev–Trinajstić information content (AvgIpc) is 3.11. The molecule has 0 saturated carbocycles. The van der Waals surface area contributed by atoms with Crippen molar-refractivity contribution in [3.05, 3.63) is 47.2 Å². The minimum atomic E-state index is -0.695. The van der Waals surface area contributed by atoms with Crippen molar-refractivity contribution in [1.29, 1.82) is 0 Å². The molecule has 0 radical (unpaired) electrons. The van der Waals surface area contributed by atoms with Gasteiger partial charge in [-0.15, -0.1) is 0 Å². The number of fused-ring (bicyclic) bond motifs is 4. The molecule has 0 spiro atoms. The second-order valence-corrected chi connectivity index (χ2v) is 8.15. The molecule has 3 aliphatic rings. The second-order valence-electron chi connectivity index (χ2n) is 8.15. The van der Waals surface area contributed by atoms with Crippen LogP contribution in [0.15, 0.2) is 35.9 Å². The number of carbonyl (C=O) groups is 1. The number of aliphatic hydroxyl groups excluding tert-OH is 1. The highest BCUT2D eigenvalue weighted by molar-refractivity contribution is 5.92. The van der Waals surface area contributed by atoms with Gasteiger partial charge in [0.2, 0.25) is 0 Å². The van der Waals surface area contributed by atoms with Crippen LogP contribution in [0.25, 0.3) is 10.9 Å². The van der Waals surface area contributed by atoms with Crippen molar-refractivity contribution in [1.82, 2.24) is 9.88 Å². The smallest absolute Gasteiger partial charge is 0.319 e. The molecule has 3 atom stereocenters. The van der Waals surface area contributed by atoms with Crippen LogP contribution in [0.3, 0.4) is 0 Å². The topological polar surface area (TPSA) is 74.8 Å². The summed E-state index contributed by atoms with van der Waals surface area (Å²) in [5.74, 6) is -0.125. The van der Waals surface area contributed by atoms with Crippen LogP contribution in [0.1, 0.15) is 37.4 Å². The van der Waals surface area contributed by atoms with Gasteiger partial charge in [-0.1, -0.05) is 24.3 Å². The van der Waals surface area contributed by atoms with Crippen LogP contribution in [0, 0.1) is 0 Å². The fraction of sp³-hybridized carbons (Fsp3) is 0.542. The summed E-state index contributed by atoms with van der Waals surface area (Å²) in [6.07, 6.45) is 5.99. The summed E-state index contributed by atoms with van der Waals surface area (Å²) in [5, 5.41) is 8.23. The number of esters is 1. The van der Waals surface area contributed by atoms with E-state index >= 15 is 0 Å². The predicted molar refractivity (Wildman–Crippen MR) is 117 cm³/mol. The first-order chi connectivity index (χ1) is 14.7. The SMILES string of the molecule is CCO[C@H]1CCN2CCc3c([nH]c4ccccc34)[C@@]3(C(=O)OC)CCC=C1[C@H]23.CO. The lowest BCUT2D eigenvalue weighted by Gasteiger charge is -2.50. The standard InChI is InChI=1S/C23H28N2O3.CH4O/c1-3-28-19-11-14-25-13-10-16-15-7-4-5-9-18(15)24-20(16)23(22(26)27-2)12-6-8-17(19)21(23)25;1-2/h4-5,7-9,19,21,24H,3,6,10-14H2,1-2H3;2H,1H3/t19-,21-,23-;/m0./s1. The maximum absolute atomic E-state index is 13.5. The minimum absolute atomic E-state index is 0.00770. The van der Waals surface area contributed by atoms with Crippen LogP contribution in [-0.4, -0.2) is 67.0 Å². The van der Waals surface area contributed by atoms with Gasteiger partial charge in [0.1, 0.15) is 5.41 Å². The van der Waals surface area contributed by atoms with Gasteiger partial charge in [-0.25, -0.2) is 0 Å². The van der Waals surface area contributed by atoms with Crippen LogP contribution in [-0.2, 0) is 26.1 Å². The maximum atomic E-state index is 13.5. The molecule has 1 aliphatic carbocycles. The van der Waals surface area contributed by atoms with E-state index in [-0.39, 0.29) is 18.1 Å². The molecule has 1 aromatic carbocycles. The molecule has 3 heterocycles. The first-order valence-corrected chi connectivity index (χ1v) is 10.9. The Bertz CT molecular complexity index is 950. The first kappa shape index (κ1) is 21.1. The number of benzene rings is 1. The van der Waals surface area contributed by atoms with E-state index < -0.39 is 5.41 Å². The molecule has 6 heteroatoms. The molecule has 0 bridgehead atoms. The number of H-pyrrole nitrogens is 1. The number of allylic oxidation sites excluding steroid dienone is 1. The third kappa shape index (κ3) is 3.01. The Morgan fingerprint density at radius 3 is 2.87 bits per heavy atom. The number of rotatable bonds is 3. The summed E-state index contributed by atoms with van der Waals surface area (Å²) in [7, 11) is 2.52. The molecule has 1 saturated heterocycles. The molecule has 162 valence electrons. The van der Waals surface area contributed by atoms with Gasteiger partial charge >= 0.3 is 5.97 Å². The van der Waals surface area contributed by atoms with Gasteiger partial charge in [0.25, 0.3) is 0 Å². The Morgan fingerprint density at radius 2 is 2.10 bits per heavy atom. The summed E-state index contributed by atoms with van der Waals surface area (Å²) in [6, 6.07) is 8.41. The molecule has 30 heavy (non-hydrogen) atoms. The maximum Gasteiger partial charge on any atom is 0.319 e. The van der Waals surface area contributed by atoms with Gasteiger partial charge < -0.3 is 19.6 Å². The first-order valence-electron chi connectivity index (χ1n) is 10.9. The molecular formula is C24H32N2O4. The molecule has 1 fully saturated rings. The number of piperidine rings is 1. The number of para-hydroxylation sites is 1. The molecule has 2 aromatic rings. The van der Waals surface area contributed by atoms with E-state index in [1.54, 1.807) is 0 Å². The van der Waals surface area contributed by atoms with Crippen molar-refractivity contribution >= 4 is 16.9 Å². The van der Waals surface area contributed by atoms with Crippen molar-refractivity contribution in [3.63, 3.8) is 0 Å². The zero-order chi connectivity index (χ0) is 21.3. The molecule has 5 rings (SSSR count). The van der Waals surface area contributed by atoms with E-state index in [2.05, 4.69) is 34.2 Å². The van der Waals surface area contributed by atoms with Gasteiger partial charge in [0, 0.05) is 43.4 Å². The molecule has 1 aromatic heterocycles. The lowest BCUT2D eigenvalue weighted by molar-refractivity contribution is -0.152. The van der Waals surface area contributed by atoms with E-state index in [4.69, 9.17) is 14.6 Å². The van der Waals surface area contributed by atoms with Crippen LogP contribution < -0.4 is 0 Å². The van der Waals surface area contributed by atoms with Crippen LogP contribution in [0.4, 0.5) is 0 Å². The van der Waals surface area contributed by atoms with E-state index in [0.717, 1.165) is 57.1 Å². The van der Waals surface area contributed by atoms with Crippen molar-refractivity contribution in [2.24, 2.45) is 0 Å². The minimum Gasteiger partial charge on any atom is -0.468 e. The summed E-state index contributed by atoms with van der Waals surface area (Å²) in [6.45, 7) is 4.64. The number of aliphatic hydroxyl groups is 1. The Hall–Kier alpha value is -2.15. The van der Waals surface area contributed by atoms with Crippen molar-refractivity contribution < 1.29 is 19.4 Å². The Labute approximate surface area is 177 Å². The van der Waals surface area contributed by atoms with Gasteiger partial charge in [-0.2, -0.15) is 0 Å². The Kier molecular flexibility index (Phi) is 6.00. The number of ether oxygens (including phenoxy) is 2. The number of nitrogens with one attached hydrogen (secondary N) is 1. The molecule has 0 amide bonds. The zero-order valence-corrected chi connectivity index (χ0v) is 18.1. The third-order valence-corrected chi connectivity index (χ3v) is 6.94. The van der Waals surface area contributed by atoms with Gasteiger partial charge in [0.05, 0.1) is 19.3 Å².